The van der Waals surface area contributed by atoms with Crippen LogP contribution in [0.5, 0.6) is 0 Å². The second kappa shape index (κ2) is 4.43. The third-order valence-electron chi connectivity index (χ3n) is 1.27. The Morgan fingerprint density at radius 3 is 2.85 bits per heavy atom. The standard InChI is InChI=1S/C6H8N3O2S2/c1-3-8-9-5(13-3)4(12)2-7-6(10)11/h4,7,12H,2H2,1H3. The van der Waals surface area contributed by atoms with Crippen LogP contribution in [-0.2, 0) is 5.11 Å². The predicted molar refractivity (Wildman–Crippen MR) is 50.5 cm³/mol. The zero-order valence-electron chi connectivity index (χ0n) is 6.85. The lowest BCUT2D eigenvalue weighted by Crippen LogP contribution is -2.23. The van der Waals surface area contributed by atoms with E-state index in [-0.39, 0.29) is 11.8 Å². The second-order valence-corrected chi connectivity index (χ2v) is 4.18. The number of hydrogen-bond acceptors (Lipinski definition) is 5. The van der Waals surface area contributed by atoms with Crippen molar-refractivity contribution in [1.29, 1.82) is 0 Å². The molecule has 1 atom stereocenters. The van der Waals surface area contributed by atoms with Gasteiger partial charge in [0, 0.05) is 6.54 Å². The molecule has 1 aromatic rings. The van der Waals surface area contributed by atoms with Crippen molar-refractivity contribution in [3.63, 3.8) is 0 Å². The summed E-state index contributed by atoms with van der Waals surface area (Å²) in [6.07, 6.45) is -1.31. The SMILES string of the molecule is Cc1nnc(C(S)CNC([O])=O)s1. The molecular formula is C6H8N3O2S2. The summed E-state index contributed by atoms with van der Waals surface area (Å²) in [5.74, 6) is 0. The van der Waals surface area contributed by atoms with E-state index in [9.17, 15) is 9.90 Å². The zero-order chi connectivity index (χ0) is 9.84. The Kier molecular flexibility index (Phi) is 3.49. The lowest BCUT2D eigenvalue weighted by Gasteiger charge is -2.04. The van der Waals surface area contributed by atoms with Crippen LogP contribution in [-0.4, -0.2) is 22.8 Å². The predicted octanol–water partition coefficient (Wildman–Crippen LogP) is 0.958. The molecule has 0 spiro atoms. The van der Waals surface area contributed by atoms with Gasteiger partial charge in [-0.25, -0.2) is 9.90 Å². The fourth-order valence-corrected chi connectivity index (χ4v) is 1.70. The molecule has 1 radical (unpaired) electrons. The van der Waals surface area contributed by atoms with Gasteiger partial charge in [-0.3, -0.25) is 0 Å². The molecule has 13 heavy (non-hydrogen) atoms. The van der Waals surface area contributed by atoms with Gasteiger partial charge >= 0.3 is 6.09 Å². The smallest absolute Gasteiger partial charge is 0.317 e. The van der Waals surface area contributed by atoms with Crippen molar-refractivity contribution in [2.24, 2.45) is 0 Å². The molecule has 1 heterocycles. The van der Waals surface area contributed by atoms with Gasteiger partial charge in [-0.1, -0.05) is 0 Å². The maximum Gasteiger partial charge on any atom is 0.450 e. The summed E-state index contributed by atoms with van der Waals surface area (Å²) in [5, 5.41) is 21.1. The Morgan fingerprint density at radius 1 is 1.69 bits per heavy atom. The number of rotatable bonds is 3. The van der Waals surface area contributed by atoms with Gasteiger partial charge in [-0.2, -0.15) is 12.6 Å². The van der Waals surface area contributed by atoms with Gasteiger partial charge in [0.1, 0.15) is 10.0 Å². The van der Waals surface area contributed by atoms with E-state index in [4.69, 9.17) is 0 Å². The lowest BCUT2D eigenvalue weighted by molar-refractivity contribution is 0.169. The highest BCUT2D eigenvalue weighted by Crippen LogP contribution is 2.21. The highest BCUT2D eigenvalue weighted by atomic mass is 32.1. The Hall–Kier alpha value is -0.820. The minimum Gasteiger partial charge on any atom is -0.317 e. The van der Waals surface area contributed by atoms with E-state index in [0.29, 0.717) is 5.01 Å². The summed E-state index contributed by atoms with van der Waals surface area (Å²) in [5.41, 5.74) is 0. The summed E-state index contributed by atoms with van der Waals surface area (Å²) in [6, 6.07) is 0. The molecule has 0 bridgehead atoms. The normalized spacial score (nSPS) is 12.5. The molecule has 1 aromatic heterocycles. The van der Waals surface area contributed by atoms with Crippen molar-refractivity contribution in [3.05, 3.63) is 10.0 Å². The van der Waals surface area contributed by atoms with Crippen LogP contribution < -0.4 is 5.32 Å². The molecule has 0 saturated carbocycles. The molecule has 1 unspecified atom stereocenters. The number of thiol groups is 1. The maximum absolute atomic E-state index is 10.1. The molecule has 1 N–H and O–H groups in total. The molecule has 0 saturated heterocycles. The van der Waals surface area contributed by atoms with Gasteiger partial charge in [0.15, 0.2) is 0 Å². The highest BCUT2D eigenvalue weighted by molar-refractivity contribution is 7.80. The Bertz CT molecular complexity index is 302. The molecule has 0 aliphatic carbocycles. The van der Waals surface area contributed by atoms with E-state index < -0.39 is 6.09 Å². The zero-order valence-corrected chi connectivity index (χ0v) is 8.56. The average molecular weight is 218 g/mol. The average Bonchev–Trinajstić information content (AvgIpc) is 2.47. The molecule has 1 rings (SSSR count). The first-order chi connectivity index (χ1) is 6.09. The minimum atomic E-state index is -1.31. The van der Waals surface area contributed by atoms with Gasteiger partial charge in [0.2, 0.25) is 0 Å². The molecule has 7 heteroatoms. The number of hydrogen-bond donors (Lipinski definition) is 2. The molecular weight excluding hydrogens is 210 g/mol. The van der Waals surface area contributed by atoms with Crippen LogP contribution in [0.25, 0.3) is 0 Å². The van der Waals surface area contributed by atoms with Crippen LogP contribution in [0.4, 0.5) is 4.79 Å². The van der Waals surface area contributed by atoms with Crippen molar-refractivity contribution >= 4 is 30.1 Å². The number of aromatic nitrogens is 2. The number of aryl methyl sites for hydroxylation is 1. The van der Waals surface area contributed by atoms with E-state index in [1.165, 1.54) is 11.3 Å². The van der Waals surface area contributed by atoms with Gasteiger partial charge in [-0.05, 0) is 6.92 Å². The second-order valence-electron chi connectivity index (χ2n) is 2.34. The van der Waals surface area contributed by atoms with Crippen LogP contribution in [0.15, 0.2) is 0 Å². The summed E-state index contributed by atoms with van der Waals surface area (Å²) in [7, 11) is 0. The maximum atomic E-state index is 10.1. The third-order valence-corrected chi connectivity index (χ3v) is 2.82. The fraction of sp³-hybridized carbons (Fsp3) is 0.500. The molecule has 0 fully saturated rings. The largest absolute Gasteiger partial charge is 0.450 e. The van der Waals surface area contributed by atoms with Gasteiger partial charge in [0.05, 0.1) is 5.25 Å². The number of carbonyl (C=O) groups excluding carboxylic acids is 1. The number of nitrogens with zero attached hydrogens (tertiary/aromatic N) is 2. The van der Waals surface area contributed by atoms with Crippen LogP contribution in [0.1, 0.15) is 15.3 Å². The van der Waals surface area contributed by atoms with Crippen LogP contribution in [0, 0.1) is 6.92 Å². The summed E-state index contributed by atoms with van der Waals surface area (Å²) < 4.78 is 0. The molecule has 0 aromatic carbocycles. The van der Waals surface area contributed by atoms with E-state index in [1.54, 1.807) is 0 Å². The number of carbonyl (C=O) groups is 1. The van der Waals surface area contributed by atoms with Gasteiger partial charge < -0.3 is 5.32 Å². The highest BCUT2D eigenvalue weighted by Gasteiger charge is 2.12. The van der Waals surface area contributed by atoms with Crippen molar-refractivity contribution < 1.29 is 9.90 Å². The lowest BCUT2D eigenvalue weighted by atomic mass is 10.4. The van der Waals surface area contributed by atoms with Gasteiger partial charge in [-0.15, -0.1) is 21.5 Å². The quantitative estimate of drug-likeness (QED) is 0.742. The molecule has 5 nitrogen and oxygen atoms in total. The first kappa shape index (κ1) is 10.3. The first-order valence-corrected chi connectivity index (χ1v) is 4.86. The number of amides is 1. The fourth-order valence-electron chi connectivity index (χ4n) is 0.714. The van der Waals surface area contributed by atoms with Crippen molar-refractivity contribution in [2.45, 2.75) is 12.2 Å². The molecule has 0 aliphatic heterocycles. The molecule has 71 valence electrons. The summed E-state index contributed by atoms with van der Waals surface area (Å²) in [6.45, 7) is 2.01. The Morgan fingerprint density at radius 2 is 2.38 bits per heavy atom. The molecule has 0 aliphatic rings. The summed E-state index contributed by atoms with van der Waals surface area (Å²) in [4.78, 5) is 10.1. The number of nitrogens with one attached hydrogen (secondary N) is 1. The van der Waals surface area contributed by atoms with E-state index in [2.05, 4.69) is 28.1 Å². The first-order valence-electron chi connectivity index (χ1n) is 3.52. The molecule has 1 amide bonds. The van der Waals surface area contributed by atoms with Crippen molar-refractivity contribution in [3.8, 4) is 0 Å². The van der Waals surface area contributed by atoms with Crippen LogP contribution >= 0.6 is 24.0 Å². The third kappa shape index (κ3) is 3.19. The Balaban J connectivity index is 2.48. The van der Waals surface area contributed by atoms with Gasteiger partial charge in [0.25, 0.3) is 0 Å². The van der Waals surface area contributed by atoms with Crippen LogP contribution in [0.3, 0.4) is 0 Å². The van der Waals surface area contributed by atoms with E-state index >= 15 is 0 Å². The monoisotopic (exact) mass is 218 g/mol. The Labute approximate surface area is 84.6 Å². The topological polar surface area (TPSA) is 74.8 Å². The minimum absolute atomic E-state index is 0.181. The van der Waals surface area contributed by atoms with E-state index in [0.717, 1.165) is 5.01 Å². The van der Waals surface area contributed by atoms with E-state index in [1.807, 2.05) is 6.92 Å². The van der Waals surface area contributed by atoms with Crippen LogP contribution in [0.2, 0.25) is 0 Å². The van der Waals surface area contributed by atoms with Crippen molar-refractivity contribution in [1.82, 2.24) is 15.5 Å². The van der Waals surface area contributed by atoms with Crippen molar-refractivity contribution in [2.75, 3.05) is 6.54 Å². The summed E-state index contributed by atoms with van der Waals surface area (Å²) >= 11 is 5.56.